The van der Waals surface area contributed by atoms with E-state index in [2.05, 4.69) is 15.1 Å². The van der Waals surface area contributed by atoms with Crippen molar-refractivity contribution in [1.82, 2.24) is 19.7 Å². The van der Waals surface area contributed by atoms with Gasteiger partial charge in [0, 0.05) is 18.5 Å². The van der Waals surface area contributed by atoms with Crippen LogP contribution in [0.3, 0.4) is 0 Å². The van der Waals surface area contributed by atoms with Gasteiger partial charge in [-0.3, -0.25) is 0 Å². The molecule has 0 unspecified atom stereocenters. The highest BCUT2D eigenvalue weighted by Gasteiger charge is 2.15. The molecule has 6 nitrogen and oxygen atoms in total. The third-order valence-corrected chi connectivity index (χ3v) is 2.39. The molecule has 0 spiro atoms. The Balaban J connectivity index is 2.37. The summed E-state index contributed by atoms with van der Waals surface area (Å²) in [5, 5.41) is 4.25. The molecule has 18 heavy (non-hydrogen) atoms. The Kier molecular flexibility index (Phi) is 3.36. The smallest absolute Gasteiger partial charge is 0.341 e. The number of aryl methyl sites for hydroxylation is 2. The van der Waals surface area contributed by atoms with E-state index in [1.54, 1.807) is 43.9 Å². The second-order valence-electron chi connectivity index (χ2n) is 3.76. The molecule has 94 valence electrons. The molecule has 0 fully saturated rings. The number of carbonyl (C=O) groups is 1. The minimum atomic E-state index is -0.368. The summed E-state index contributed by atoms with van der Waals surface area (Å²) in [6, 6.07) is 1.73. The number of esters is 1. The van der Waals surface area contributed by atoms with Gasteiger partial charge in [-0.1, -0.05) is 0 Å². The predicted molar refractivity (Wildman–Crippen MR) is 64.6 cm³/mol. The predicted octanol–water partition coefficient (Wildman–Crippen LogP) is 1.46. The van der Waals surface area contributed by atoms with Gasteiger partial charge in [-0.2, -0.15) is 5.10 Å². The number of aromatic nitrogens is 4. The molecule has 0 saturated carbocycles. The SMILES string of the molecule is CCOC(=O)c1cn(-c2ccnc(C)n2)nc1C. The van der Waals surface area contributed by atoms with Crippen LogP contribution >= 0.6 is 0 Å². The monoisotopic (exact) mass is 246 g/mol. The van der Waals surface area contributed by atoms with Gasteiger partial charge < -0.3 is 4.74 Å². The molecule has 0 aromatic carbocycles. The zero-order chi connectivity index (χ0) is 13.1. The lowest BCUT2D eigenvalue weighted by atomic mass is 10.3. The summed E-state index contributed by atoms with van der Waals surface area (Å²) < 4.78 is 6.51. The molecule has 0 aliphatic rings. The van der Waals surface area contributed by atoms with Crippen LogP contribution in [0, 0.1) is 13.8 Å². The van der Waals surface area contributed by atoms with Gasteiger partial charge in [0.2, 0.25) is 0 Å². The van der Waals surface area contributed by atoms with E-state index in [9.17, 15) is 4.79 Å². The summed E-state index contributed by atoms with van der Waals surface area (Å²) in [6.45, 7) is 5.67. The molecule has 0 radical (unpaired) electrons. The quantitative estimate of drug-likeness (QED) is 0.767. The molecule has 0 bridgehead atoms. The minimum Gasteiger partial charge on any atom is -0.462 e. The van der Waals surface area contributed by atoms with E-state index in [0.717, 1.165) is 0 Å². The minimum absolute atomic E-state index is 0.343. The molecule has 0 N–H and O–H groups in total. The van der Waals surface area contributed by atoms with Crippen LogP contribution in [0.2, 0.25) is 0 Å². The third-order valence-electron chi connectivity index (χ3n) is 2.39. The number of rotatable bonds is 3. The molecule has 0 aliphatic heterocycles. The second kappa shape index (κ2) is 4.95. The van der Waals surface area contributed by atoms with Gasteiger partial charge >= 0.3 is 5.97 Å². The lowest BCUT2D eigenvalue weighted by molar-refractivity contribution is 0.0525. The van der Waals surface area contributed by atoms with Crippen LogP contribution in [-0.4, -0.2) is 32.3 Å². The van der Waals surface area contributed by atoms with E-state index in [0.29, 0.717) is 29.5 Å². The zero-order valence-electron chi connectivity index (χ0n) is 10.5. The van der Waals surface area contributed by atoms with Crippen LogP contribution in [0.1, 0.15) is 28.8 Å². The summed E-state index contributed by atoms with van der Waals surface area (Å²) in [4.78, 5) is 19.9. The van der Waals surface area contributed by atoms with Crippen molar-refractivity contribution in [2.45, 2.75) is 20.8 Å². The molecule has 0 atom stereocenters. The van der Waals surface area contributed by atoms with Crippen molar-refractivity contribution >= 4 is 5.97 Å². The maximum Gasteiger partial charge on any atom is 0.341 e. The standard InChI is InChI=1S/C12H14N4O2/c1-4-18-12(17)10-7-16(15-8(10)2)11-5-6-13-9(3)14-11/h5-7H,4H2,1-3H3. The zero-order valence-corrected chi connectivity index (χ0v) is 10.5. The third kappa shape index (κ3) is 2.37. The fourth-order valence-corrected chi connectivity index (χ4v) is 1.56. The van der Waals surface area contributed by atoms with E-state index >= 15 is 0 Å². The second-order valence-corrected chi connectivity index (χ2v) is 3.76. The highest BCUT2D eigenvalue weighted by Crippen LogP contribution is 2.11. The van der Waals surface area contributed by atoms with Crippen LogP contribution < -0.4 is 0 Å². The van der Waals surface area contributed by atoms with Crippen LogP contribution in [0.25, 0.3) is 5.82 Å². The fourth-order valence-electron chi connectivity index (χ4n) is 1.56. The summed E-state index contributed by atoms with van der Waals surface area (Å²) in [5.41, 5.74) is 1.07. The van der Waals surface area contributed by atoms with Crippen molar-refractivity contribution in [2.24, 2.45) is 0 Å². The first-order valence-corrected chi connectivity index (χ1v) is 5.65. The van der Waals surface area contributed by atoms with Gasteiger partial charge in [-0.05, 0) is 20.8 Å². The Labute approximate surface area is 105 Å². The highest BCUT2D eigenvalue weighted by atomic mass is 16.5. The number of ether oxygens (including phenoxy) is 1. The molecule has 0 saturated heterocycles. The van der Waals surface area contributed by atoms with Gasteiger partial charge in [-0.25, -0.2) is 19.4 Å². The summed E-state index contributed by atoms with van der Waals surface area (Å²) in [6.07, 6.45) is 3.27. The summed E-state index contributed by atoms with van der Waals surface area (Å²) in [7, 11) is 0. The molecule has 2 aromatic rings. The number of nitrogens with zero attached hydrogens (tertiary/aromatic N) is 4. The van der Waals surface area contributed by atoms with E-state index in [1.165, 1.54) is 0 Å². The molecule has 2 rings (SSSR count). The molecule has 6 heteroatoms. The molecule has 2 aromatic heterocycles. The van der Waals surface area contributed by atoms with E-state index in [-0.39, 0.29) is 5.97 Å². The van der Waals surface area contributed by atoms with E-state index in [4.69, 9.17) is 4.74 Å². The van der Waals surface area contributed by atoms with Gasteiger partial charge in [0.25, 0.3) is 0 Å². The average Bonchev–Trinajstić information content (AvgIpc) is 2.72. The molecular weight excluding hydrogens is 232 g/mol. The van der Waals surface area contributed by atoms with Crippen molar-refractivity contribution < 1.29 is 9.53 Å². The Bertz CT molecular complexity index is 577. The Morgan fingerprint density at radius 3 is 2.89 bits per heavy atom. The van der Waals surface area contributed by atoms with Gasteiger partial charge in [-0.15, -0.1) is 0 Å². The first kappa shape index (κ1) is 12.2. The number of carbonyl (C=O) groups excluding carboxylic acids is 1. The Morgan fingerprint density at radius 1 is 1.44 bits per heavy atom. The van der Waals surface area contributed by atoms with Crippen LogP contribution in [0.15, 0.2) is 18.5 Å². The van der Waals surface area contributed by atoms with Crippen molar-refractivity contribution in [1.29, 1.82) is 0 Å². The molecule has 2 heterocycles. The highest BCUT2D eigenvalue weighted by molar-refractivity contribution is 5.90. The lowest BCUT2D eigenvalue weighted by Gasteiger charge is -2.00. The van der Waals surface area contributed by atoms with Crippen LogP contribution in [-0.2, 0) is 4.74 Å². The molecular formula is C12H14N4O2. The number of hydrogen-bond donors (Lipinski definition) is 0. The van der Waals surface area contributed by atoms with Crippen molar-refractivity contribution in [2.75, 3.05) is 6.61 Å². The Morgan fingerprint density at radius 2 is 2.22 bits per heavy atom. The van der Waals surface area contributed by atoms with Crippen molar-refractivity contribution in [3.63, 3.8) is 0 Å². The van der Waals surface area contributed by atoms with E-state index in [1.807, 2.05) is 0 Å². The van der Waals surface area contributed by atoms with E-state index < -0.39 is 0 Å². The Hall–Kier alpha value is -2.24. The summed E-state index contributed by atoms with van der Waals surface area (Å²) >= 11 is 0. The lowest BCUT2D eigenvalue weighted by Crippen LogP contribution is -2.05. The number of hydrogen-bond acceptors (Lipinski definition) is 5. The first-order valence-electron chi connectivity index (χ1n) is 5.65. The summed E-state index contributed by atoms with van der Waals surface area (Å²) in [5.74, 6) is 0.909. The van der Waals surface area contributed by atoms with Crippen molar-refractivity contribution in [3.05, 3.63) is 35.5 Å². The fraction of sp³-hybridized carbons (Fsp3) is 0.333. The van der Waals surface area contributed by atoms with Gasteiger partial charge in [0.15, 0.2) is 5.82 Å². The average molecular weight is 246 g/mol. The molecule has 0 aliphatic carbocycles. The van der Waals surface area contributed by atoms with Crippen LogP contribution in [0.5, 0.6) is 0 Å². The molecule has 0 amide bonds. The van der Waals surface area contributed by atoms with Gasteiger partial charge in [0.05, 0.1) is 12.3 Å². The maximum absolute atomic E-state index is 11.7. The largest absolute Gasteiger partial charge is 0.462 e. The normalized spacial score (nSPS) is 10.4. The van der Waals surface area contributed by atoms with Gasteiger partial charge in [0.1, 0.15) is 11.4 Å². The topological polar surface area (TPSA) is 69.9 Å². The first-order chi connectivity index (χ1) is 8.61. The maximum atomic E-state index is 11.7. The van der Waals surface area contributed by atoms with Crippen molar-refractivity contribution in [3.8, 4) is 5.82 Å². The van der Waals surface area contributed by atoms with Crippen LogP contribution in [0.4, 0.5) is 0 Å².